The molecule has 0 radical (unpaired) electrons. The van der Waals surface area contributed by atoms with E-state index in [1.54, 1.807) is 0 Å². The van der Waals surface area contributed by atoms with Crippen molar-refractivity contribution < 1.29 is 10.1 Å². The number of benzene rings is 1. The molecule has 0 unspecified atom stereocenters. The van der Waals surface area contributed by atoms with Crippen LogP contribution in [0.1, 0.15) is 64.0 Å². The standard InChI is InChI=1S/C21H29ClN2O/c1-13(18-3-5-19(22)6-4-18)23-14(2)20(25)24-21-10-15-7-16(11-21)9-17(8-15)12-21/h3-6,13-17,23H,7-12H2,1-2H3,(H,24,25)/p+1/t13-,14-,15?,16?,17?,21?/m1/s1. The lowest BCUT2D eigenvalue weighted by Gasteiger charge is -2.57. The summed E-state index contributed by atoms with van der Waals surface area (Å²) in [6.07, 6.45) is 7.86. The zero-order valence-corrected chi connectivity index (χ0v) is 16.1. The van der Waals surface area contributed by atoms with E-state index in [-0.39, 0.29) is 23.5 Å². The largest absolute Gasteiger partial charge is 0.345 e. The lowest BCUT2D eigenvalue weighted by atomic mass is 9.53. The van der Waals surface area contributed by atoms with Gasteiger partial charge in [0, 0.05) is 16.1 Å². The number of nitrogens with one attached hydrogen (secondary N) is 1. The third-order valence-electron chi connectivity index (χ3n) is 6.81. The Bertz CT molecular complexity index is 607. The molecular formula is C21H30ClN2O+. The summed E-state index contributed by atoms with van der Waals surface area (Å²) in [6, 6.07) is 8.11. The van der Waals surface area contributed by atoms with E-state index in [1.807, 2.05) is 31.2 Å². The van der Waals surface area contributed by atoms with Crippen LogP contribution in [-0.2, 0) is 4.79 Å². The fourth-order valence-electron chi connectivity index (χ4n) is 6.04. The predicted octanol–water partition coefficient (Wildman–Crippen LogP) is 3.44. The molecule has 4 heteroatoms. The highest BCUT2D eigenvalue weighted by atomic mass is 35.5. The summed E-state index contributed by atoms with van der Waals surface area (Å²) >= 11 is 5.97. The Hall–Kier alpha value is -1.06. The summed E-state index contributed by atoms with van der Waals surface area (Å²) in [5.74, 6) is 2.79. The first-order valence-electron chi connectivity index (χ1n) is 9.85. The Labute approximate surface area is 155 Å². The number of hydrogen-bond acceptors (Lipinski definition) is 1. The van der Waals surface area contributed by atoms with Crippen molar-refractivity contribution in [3.05, 3.63) is 34.9 Å². The van der Waals surface area contributed by atoms with Gasteiger partial charge in [0.1, 0.15) is 6.04 Å². The van der Waals surface area contributed by atoms with Crippen molar-refractivity contribution in [3.8, 4) is 0 Å². The van der Waals surface area contributed by atoms with E-state index in [9.17, 15) is 4.79 Å². The maximum absolute atomic E-state index is 12.9. The topological polar surface area (TPSA) is 45.7 Å². The van der Waals surface area contributed by atoms with E-state index in [0.717, 1.165) is 22.8 Å². The lowest BCUT2D eigenvalue weighted by molar-refractivity contribution is -0.710. The molecule has 0 spiro atoms. The van der Waals surface area contributed by atoms with E-state index in [2.05, 4.69) is 17.6 Å². The number of rotatable bonds is 5. The van der Waals surface area contributed by atoms with Gasteiger partial charge in [0.05, 0.1) is 0 Å². The van der Waals surface area contributed by atoms with Crippen molar-refractivity contribution in [2.45, 2.75) is 70.0 Å². The zero-order chi connectivity index (χ0) is 17.6. The molecule has 1 amide bonds. The monoisotopic (exact) mass is 361 g/mol. The molecule has 4 aliphatic rings. The number of hydrogen-bond donors (Lipinski definition) is 2. The van der Waals surface area contributed by atoms with E-state index in [1.165, 1.54) is 44.1 Å². The van der Waals surface area contributed by atoms with Gasteiger partial charge in [-0.3, -0.25) is 4.79 Å². The van der Waals surface area contributed by atoms with Gasteiger partial charge >= 0.3 is 0 Å². The van der Waals surface area contributed by atoms with Crippen molar-refractivity contribution in [3.63, 3.8) is 0 Å². The zero-order valence-electron chi connectivity index (χ0n) is 15.3. The van der Waals surface area contributed by atoms with Gasteiger partial charge in [0.15, 0.2) is 6.04 Å². The summed E-state index contributed by atoms with van der Waals surface area (Å²) in [7, 11) is 0. The van der Waals surface area contributed by atoms with Crippen molar-refractivity contribution in [1.82, 2.24) is 5.32 Å². The first-order chi connectivity index (χ1) is 11.9. The first-order valence-corrected chi connectivity index (χ1v) is 10.2. The van der Waals surface area contributed by atoms with Crippen LogP contribution in [0.5, 0.6) is 0 Å². The average molecular weight is 362 g/mol. The van der Waals surface area contributed by atoms with Crippen LogP contribution < -0.4 is 10.6 Å². The van der Waals surface area contributed by atoms with Gasteiger partial charge in [-0.05, 0) is 82.3 Å². The van der Waals surface area contributed by atoms with Crippen LogP contribution in [0.3, 0.4) is 0 Å². The van der Waals surface area contributed by atoms with E-state index in [0.29, 0.717) is 0 Å². The maximum atomic E-state index is 12.9. The average Bonchev–Trinajstić information content (AvgIpc) is 2.53. The highest BCUT2D eigenvalue weighted by Crippen LogP contribution is 2.55. The van der Waals surface area contributed by atoms with Gasteiger partial charge in [0.2, 0.25) is 0 Å². The fraction of sp³-hybridized carbons (Fsp3) is 0.667. The molecule has 4 aliphatic carbocycles. The molecule has 3 N–H and O–H groups in total. The van der Waals surface area contributed by atoms with Crippen LogP contribution in [0.25, 0.3) is 0 Å². The maximum Gasteiger partial charge on any atom is 0.278 e. The first kappa shape index (κ1) is 17.4. The lowest BCUT2D eigenvalue weighted by Crippen LogP contribution is -2.92. The minimum atomic E-state index is -0.0707. The Morgan fingerprint density at radius 2 is 1.60 bits per heavy atom. The molecule has 4 saturated carbocycles. The molecule has 0 aliphatic heterocycles. The molecule has 3 nitrogen and oxygen atoms in total. The van der Waals surface area contributed by atoms with Crippen LogP contribution in [0.4, 0.5) is 0 Å². The normalized spacial score (nSPS) is 35.4. The smallest absolute Gasteiger partial charge is 0.278 e. The summed E-state index contributed by atoms with van der Waals surface area (Å²) in [5.41, 5.74) is 1.32. The number of carbonyl (C=O) groups is 1. The molecule has 2 atom stereocenters. The molecule has 0 heterocycles. The minimum Gasteiger partial charge on any atom is -0.345 e. The molecule has 136 valence electrons. The number of nitrogens with two attached hydrogens (primary N) is 1. The number of amides is 1. The second-order valence-corrected chi connectivity index (χ2v) is 9.44. The minimum absolute atomic E-state index is 0.0707. The Kier molecular flexibility index (Phi) is 4.57. The second-order valence-electron chi connectivity index (χ2n) is 9.01. The van der Waals surface area contributed by atoms with Crippen LogP contribution in [0.15, 0.2) is 24.3 Å². The van der Waals surface area contributed by atoms with Crippen LogP contribution in [0.2, 0.25) is 5.02 Å². The highest BCUT2D eigenvalue weighted by molar-refractivity contribution is 6.30. The van der Waals surface area contributed by atoms with Gasteiger partial charge in [-0.15, -0.1) is 0 Å². The van der Waals surface area contributed by atoms with E-state index >= 15 is 0 Å². The number of quaternary nitrogens is 1. The molecule has 0 saturated heterocycles. The van der Waals surface area contributed by atoms with Crippen LogP contribution >= 0.6 is 11.6 Å². The molecule has 5 rings (SSSR count). The number of carbonyl (C=O) groups excluding carboxylic acids is 1. The molecule has 1 aromatic rings. The van der Waals surface area contributed by atoms with Crippen molar-refractivity contribution in [2.75, 3.05) is 0 Å². The quantitative estimate of drug-likeness (QED) is 0.829. The van der Waals surface area contributed by atoms with Gasteiger partial charge in [-0.25, -0.2) is 0 Å². The fourth-order valence-corrected chi connectivity index (χ4v) is 6.16. The van der Waals surface area contributed by atoms with Crippen LogP contribution in [-0.4, -0.2) is 17.5 Å². The summed E-state index contributed by atoms with van der Waals surface area (Å²) in [4.78, 5) is 12.9. The van der Waals surface area contributed by atoms with Crippen molar-refractivity contribution in [2.24, 2.45) is 17.8 Å². The van der Waals surface area contributed by atoms with E-state index < -0.39 is 0 Å². The summed E-state index contributed by atoms with van der Waals surface area (Å²) in [6.45, 7) is 4.18. The predicted molar refractivity (Wildman–Crippen MR) is 100 cm³/mol. The third-order valence-corrected chi connectivity index (χ3v) is 7.07. The molecule has 1 aromatic carbocycles. The Morgan fingerprint density at radius 1 is 1.08 bits per heavy atom. The molecule has 25 heavy (non-hydrogen) atoms. The molecule has 0 aromatic heterocycles. The highest BCUT2D eigenvalue weighted by Gasteiger charge is 2.51. The Balaban J connectivity index is 1.37. The Morgan fingerprint density at radius 3 is 2.12 bits per heavy atom. The third kappa shape index (κ3) is 3.59. The van der Waals surface area contributed by atoms with Crippen LogP contribution in [0, 0.1) is 17.8 Å². The van der Waals surface area contributed by atoms with Gasteiger partial charge in [-0.2, -0.15) is 0 Å². The van der Waals surface area contributed by atoms with Gasteiger partial charge in [0.25, 0.3) is 5.91 Å². The van der Waals surface area contributed by atoms with Gasteiger partial charge in [-0.1, -0.05) is 23.7 Å². The van der Waals surface area contributed by atoms with Crippen molar-refractivity contribution in [1.29, 1.82) is 0 Å². The number of halogens is 1. The molecule has 4 fully saturated rings. The molecule has 4 bridgehead atoms. The van der Waals surface area contributed by atoms with Crippen molar-refractivity contribution >= 4 is 17.5 Å². The second kappa shape index (κ2) is 6.59. The van der Waals surface area contributed by atoms with E-state index in [4.69, 9.17) is 11.6 Å². The summed E-state index contributed by atoms with van der Waals surface area (Å²) < 4.78 is 0. The molecular weight excluding hydrogens is 332 g/mol. The SMILES string of the molecule is C[C@@H]([NH2+][C@H](C)c1ccc(Cl)cc1)C(=O)NC12CC3CC(CC(C3)C1)C2. The van der Waals surface area contributed by atoms with Gasteiger partial charge < -0.3 is 10.6 Å². The summed E-state index contributed by atoms with van der Waals surface area (Å²) in [5, 5.41) is 6.42.